The summed E-state index contributed by atoms with van der Waals surface area (Å²) in [6.45, 7) is 2.37. The Bertz CT molecular complexity index is 476. The second kappa shape index (κ2) is 7.81. The van der Waals surface area contributed by atoms with E-state index in [4.69, 9.17) is 0 Å². The maximum Gasteiger partial charge on any atom is 0.315 e. The summed E-state index contributed by atoms with van der Waals surface area (Å²) in [5.41, 5.74) is 1.84. The predicted octanol–water partition coefficient (Wildman–Crippen LogP) is 3.20. The monoisotopic (exact) mass is 288 g/mol. The summed E-state index contributed by atoms with van der Waals surface area (Å²) < 4.78 is 0. The Labute approximate surface area is 126 Å². The van der Waals surface area contributed by atoms with Crippen molar-refractivity contribution < 1.29 is 9.59 Å². The molecule has 1 fully saturated rings. The minimum Gasteiger partial charge on any atom is -0.338 e. The van der Waals surface area contributed by atoms with Crippen LogP contribution in [0.5, 0.6) is 0 Å². The minimum absolute atomic E-state index is 0.0629. The van der Waals surface area contributed by atoms with Gasteiger partial charge < -0.3 is 10.6 Å². The third kappa shape index (κ3) is 5.21. The van der Waals surface area contributed by atoms with E-state index in [1.54, 1.807) is 0 Å². The summed E-state index contributed by atoms with van der Waals surface area (Å²) in [7, 11) is 0. The fourth-order valence-corrected chi connectivity index (χ4v) is 2.66. The first kappa shape index (κ1) is 15.5. The molecular formula is C17H24N2O2. The summed E-state index contributed by atoms with van der Waals surface area (Å²) >= 11 is 0. The summed E-state index contributed by atoms with van der Waals surface area (Å²) in [6.07, 6.45) is 6.12. The standard InChI is InChI=1S/C17H24N2O2/c1-13-7-9-14(10-8-13)16(20)11-12-18-17(21)19-15-5-3-2-4-6-15/h7-10,15H,2-6,11-12H2,1H3,(H2,18,19,21). The van der Waals surface area contributed by atoms with Gasteiger partial charge >= 0.3 is 6.03 Å². The summed E-state index contributed by atoms with van der Waals surface area (Å²) in [5, 5.41) is 5.75. The largest absolute Gasteiger partial charge is 0.338 e. The van der Waals surface area contributed by atoms with Crippen molar-refractivity contribution in [3.63, 3.8) is 0 Å². The Balaban J connectivity index is 1.67. The van der Waals surface area contributed by atoms with Gasteiger partial charge in [-0.25, -0.2) is 4.79 Å². The fraction of sp³-hybridized carbons (Fsp3) is 0.529. The van der Waals surface area contributed by atoms with Crippen LogP contribution in [0.2, 0.25) is 0 Å². The van der Waals surface area contributed by atoms with Crippen molar-refractivity contribution >= 4 is 11.8 Å². The van der Waals surface area contributed by atoms with Gasteiger partial charge in [0.25, 0.3) is 0 Å². The van der Waals surface area contributed by atoms with Gasteiger partial charge in [0.15, 0.2) is 5.78 Å². The molecule has 21 heavy (non-hydrogen) atoms. The van der Waals surface area contributed by atoms with Gasteiger partial charge in [0.2, 0.25) is 0 Å². The Morgan fingerprint density at radius 3 is 2.43 bits per heavy atom. The molecular weight excluding hydrogens is 264 g/mol. The molecule has 1 saturated carbocycles. The van der Waals surface area contributed by atoms with Gasteiger partial charge in [0, 0.05) is 24.6 Å². The lowest BCUT2D eigenvalue weighted by Crippen LogP contribution is -2.43. The molecule has 0 aliphatic heterocycles. The predicted molar refractivity (Wildman–Crippen MR) is 83.5 cm³/mol. The Hall–Kier alpha value is -1.84. The lowest BCUT2D eigenvalue weighted by molar-refractivity contribution is 0.0983. The highest BCUT2D eigenvalue weighted by molar-refractivity contribution is 5.96. The molecule has 1 aromatic rings. The van der Waals surface area contributed by atoms with Crippen LogP contribution in [0.25, 0.3) is 0 Å². The van der Waals surface area contributed by atoms with Crippen LogP contribution in [-0.4, -0.2) is 24.4 Å². The van der Waals surface area contributed by atoms with Crippen molar-refractivity contribution in [3.05, 3.63) is 35.4 Å². The molecule has 1 aromatic carbocycles. The van der Waals surface area contributed by atoms with Crippen molar-refractivity contribution in [1.29, 1.82) is 0 Å². The number of nitrogens with one attached hydrogen (secondary N) is 2. The molecule has 0 radical (unpaired) electrons. The molecule has 0 bridgehead atoms. The van der Waals surface area contributed by atoms with Crippen molar-refractivity contribution in [2.45, 2.75) is 51.5 Å². The first-order valence-electron chi connectivity index (χ1n) is 7.79. The van der Waals surface area contributed by atoms with E-state index in [1.165, 1.54) is 19.3 Å². The summed E-state index contributed by atoms with van der Waals surface area (Å²) in [4.78, 5) is 23.7. The van der Waals surface area contributed by atoms with E-state index in [-0.39, 0.29) is 11.8 Å². The SMILES string of the molecule is Cc1ccc(C(=O)CCNC(=O)NC2CCCCC2)cc1. The maximum absolute atomic E-state index is 12.0. The van der Waals surface area contributed by atoms with Crippen LogP contribution < -0.4 is 10.6 Å². The average molecular weight is 288 g/mol. The second-order valence-corrected chi connectivity index (χ2v) is 5.77. The molecule has 2 rings (SSSR count). The number of rotatable bonds is 5. The molecule has 0 spiro atoms. The molecule has 0 unspecified atom stereocenters. The zero-order valence-electron chi connectivity index (χ0n) is 12.7. The van der Waals surface area contributed by atoms with E-state index < -0.39 is 0 Å². The molecule has 0 aromatic heterocycles. The highest BCUT2D eigenvalue weighted by atomic mass is 16.2. The van der Waals surface area contributed by atoms with Crippen LogP contribution in [0.15, 0.2) is 24.3 Å². The summed E-state index contributed by atoms with van der Waals surface area (Å²) in [5.74, 6) is 0.0629. The fourth-order valence-electron chi connectivity index (χ4n) is 2.66. The smallest absolute Gasteiger partial charge is 0.315 e. The van der Waals surface area contributed by atoms with E-state index in [2.05, 4.69) is 10.6 Å². The van der Waals surface area contributed by atoms with Crippen LogP contribution in [-0.2, 0) is 0 Å². The first-order valence-corrected chi connectivity index (χ1v) is 7.79. The van der Waals surface area contributed by atoms with E-state index in [9.17, 15) is 9.59 Å². The molecule has 1 aliphatic rings. The van der Waals surface area contributed by atoms with Gasteiger partial charge in [-0.15, -0.1) is 0 Å². The van der Waals surface area contributed by atoms with Gasteiger partial charge in [-0.3, -0.25) is 4.79 Å². The molecule has 4 nitrogen and oxygen atoms in total. The number of ketones is 1. The van der Waals surface area contributed by atoms with Gasteiger partial charge in [-0.1, -0.05) is 49.1 Å². The molecule has 114 valence electrons. The number of Topliss-reactive ketones (excluding diaryl/α,β-unsaturated/α-hetero) is 1. The Kier molecular flexibility index (Phi) is 5.78. The van der Waals surface area contributed by atoms with E-state index in [0.29, 0.717) is 24.6 Å². The van der Waals surface area contributed by atoms with E-state index in [0.717, 1.165) is 18.4 Å². The number of carbonyl (C=O) groups excluding carboxylic acids is 2. The Morgan fingerprint density at radius 2 is 1.76 bits per heavy atom. The van der Waals surface area contributed by atoms with Crippen LogP contribution in [0.3, 0.4) is 0 Å². The number of hydrogen-bond acceptors (Lipinski definition) is 2. The molecule has 4 heteroatoms. The number of hydrogen-bond donors (Lipinski definition) is 2. The van der Waals surface area contributed by atoms with Crippen LogP contribution in [0, 0.1) is 6.92 Å². The molecule has 0 saturated heterocycles. The zero-order chi connectivity index (χ0) is 15.1. The highest BCUT2D eigenvalue weighted by Crippen LogP contribution is 2.17. The third-order valence-electron chi connectivity index (χ3n) is 3.95. The number of amides is 2. The van der Waals surface area contributed by atoms with Gasteiger partial charge in [-0.2, -0.15) is 0 Å². The molecule has 0 atom stereocenters. The quantitative estimate of drug-likeness (QED) is 0.817. The first-order chi connectivity index (χ1) is 10.1. The molecule has 0 heterocycles. The van der Waals surface area contributed by atoms with Crippen LogP contribution in [0.4, 0.5) is 4.79 Å². The van der Waals surface area contributed by atoms with Crippen molar-refractivity contribution in [1.82, 2.24) is 10.6 Å². The lowest BCUT2D eigenvalue weighted by Gasteiger charge is -2.22. The molecule has 2 N–H and O–H groups in total. The van der Waals surface area contributed by atoms with E-state index in [1.807, 2.05) is 31.2 Å². The summed E-state index contributed by atoms with van der Waals surface area (Å²) in [6, 6.07) is 7.66. The van der Waals surface area contributed by atoms with Crippen molar-refractivity contribution in [3.8, 4) is 0 Å². The molecule has 2 amide bonds. The number of benzene rings is 1. The van der Waals surface area contributed by atoms with Crippen LogP contribution >= 0.6 is 0 Å². The lowest BCUT2D eigenvalue weighted by atomic mass is 9.96. The third-order valence-corrected chi connectivity index (χ3v) is 3.95. The number of urea groups is 1. The van der Waals surface area contributed by atoms with Crippen molar-refractivity contribution in [2.24, 2.45) is 0 Å². The second-order valence-electron chi connectivity index (χ2n) is 5.77. The topological polar surface area (TPSA) is 58.2 Å². The highest BCUT2D eigenvalue weighted by Gasteiger charge is 2.15. The minimum atomic E-state index is -0.154. The number of aryl methyl sites for hydroxylation is 1. The average Bonchev–Trinajstić information content (AvgIpc) is 2.49. The van der Waals surface area contributed by atoms with E-state index >= 15 is 0 Å². The number of carbonyl (C=O) groups is 2. The van der Waals surface area contributed by atoms with Gasteiger partial charge in [0.05, 0.1) is 0 Å². The Morgan fingerprint density at radius 1 is 1.10 bits per heavy atom. The van der Waals surface area contributed by atoms with Crippen molar-refractivity contribution in [2.75, 3.05) is 6.54 Å². The zero-order valence-corrected chi connectivity index (χ0v) is 12.7. The maximum atomic E-state index is 12.0. The van der Waals surface area contributed by atoms with Gasteiger partial charge in [0.1, 0.15) is 0 Å². The normalized spacial score (nSPS) is 15.5. The molecule has 1 aliphatic carbocycles. The van der Waals surface area contributed by atoms with Gasteiger partial charge in [-0.05, 0) is 19.8 Å². The van der Waals surface area contributed by atoms with Crippen LogP contribution in [0.1, 0.15) is 54.4 Å².